The van der Waals surface area contributed by atoms with Crippen LogP contribution in [0.1, 0.15) is 20.3 Å². The summed E-state index contributed by atoms with van der Waals surface area (Å²) in [5.41, 5.74) is 4.33. The van der Waals surface area contributed by atoms with E-state index in [9.17, 15) is 9.59 Å². The summed E-state index contributed by atoms with van der Waals surface area (Å²) in [4.78, 5) is 24.0. The highest BCUT2D eigenvalue weighted by molar-refractivity contribution is 14.1. The first kappa shape index (κ1) is 13.1. The number of benzene rings is 1. The first-order valence-corrected chi connectivity index (χ1v) is 6.73. The minimum Gasteiger partial charge on any atom is -0.267 e. The third-order valence-electron chi connectivity index (χ3n) is 2.90. The molecule has 0 spiro atoms. The Morgan fingerprint density at radius 2 is 1.89 bits per heavy atom. The molecule has 1 aromatic rings. The fraction of sp³-hybridized carbons (Fsp3) is 0.231. The molecule has 0 saturated carbocycles. The van der Waals surface area contributed by atoms with E-state index in [1.165, 1.54) is 5.01 Å². The average molecular weight is 356 g/mol. The van der Waals surface area contributed by atoms with Gasteiger partial charge in [0.05, 0.1) is 5.69 Å². The van der Waals surface area contributed by atoms with Crippen molar-refractivity contribution in [1.82, 2.24) is 5.43 Å². The van der Waals surface area contributed by atoms with Crippen molar-refractivity contribution in [2.75, 3.05) is 5.01 Å². The van der Waals surface area contributed by atoms with Gasteiger partial charge in [-0.2, -0.15) is 0 Å². The SMILES string of the molecule is CC/C(C)=C1/C(=O)NN(c2ccc(I)cc2)C1=O. The molecule has 0 bridgehead atoms. The summed E-state index contributed by atoms with van der Waals surface area (Å²) in [5.74, 6) is -0.599. The number of carbonyl (C=O) groups excluding carboxylic acids is 2. The number of allylic oxidation sites excluding steroid dienone is 1. The fourth-order valence-corrected chi connectivity index (χ4v) is 2.10. The van der Waals surface area contributed by atoms with Gasteiger partial charge in [-0.05, 0) is 60.2 Å². The highest BCUT2D eigenvalue weighted by Gasteiger charge is 2.35. The molecule has 0 aliphatic carbocycles. The van der Waals surface area contributed by atoms with E-state index in [0.29, 0.717) is 12.1 Å². The van der Waals surface area contributed by atoms with Gasteiger partial charge in [-0.1, -0.05) is 12.5 Å². The Hall–Kier alpha value is -1.37. The molecule has 0 aromatic heterocycles. The van der Waals surface area contributed by atoms with Gasteiger partial charge in [0, 0.05) is 3.57 Å². The highest BCUT2D eigenvalue weighted by Crippen LogP contribution is 2.23. The van der Waals surface area contributed by atoms with Crippen LogP contribution in [0.2, 0.25) is 0 Å². The lowest BCUT2D eigenvalue weighted by molar-refractivity contribution is -0.117. The lowest BCUT2D eigenvalue weighted by Gasteiger charge is -2.14. The zero-order valence-corrected chi connectivity index (χ0v) is 12.3. The number of halogens is 1. The molecule has 1 aromatic carbocycles. The Bertz CT molecular complexity index is 534. The molecule has 4 nitrogen and oxygen atoms in total. The summed E-state index contributed by atoms with van der Waals surface area (Å²) in [6.45, 7) is 3.74. The topological polar surface area (TPSA) is 49.4 Å². The van der Waals surface area contributed by atoms with Crippen LogP contribution < -0.4 is 10.4 Å². The van der Waals surface area contributed by atoms with E-state index in [1.54, 1.807) is 0 Å². The number of hydrogen-bond acceptors (Lipinski definition) is 2. The van der Waals surface area contributed by atoms with Gasteiger partial charge < -0.3 is 0 Å². The van der Waals surface area contributed by atoms with Crippen LogP contribution in [0.25, 0.3) is 0 Å². The third-order valence-corrected chi connectivity index (χ3v) is 3.62. The molecule has 1 aliphatic rings. The van der Waals surface area contributed by atoms with Crippen LogP contribution in [-0.4, -0.2) is 11.8 Å². The van der Waals surface area contributed by atoms with Crippen molar-refractivity contribution < 1.29 is 9.59 Å². The van der Waals surface area contributed by atoms with Crippen molar-refractivity contribution in [2.24, 2.45) is 0 Å². The van der Waals surface area contributed by atoms with Crippen molar-refractivity contribution in [3.8, 4) is 0 Å². The van der Waals surface area contributed by atoms with Crippen LogP contribution in [0.15, 0.2) is 35.4 Å². The van der Waals surface area contributed by atoms with Crippen LogP contribution >= 0.6 is 22.6 Å². The zero-order valence-electron chi connectivity index (χ0n) is 10.2. The lowest BCUT2D eigenvalue weighted by atomic mass is 10.1. The van der Waals surface area contributed by atoms with E-state index < -0.39 is 0 Å². The number of hydrogen-bond donors (Lipinski definition) is 1. The number of rotatable bonds is 2. The first-order valence-electron chi connectivity index (χ1n) is 5.65. The Balaban J connectivity index is 2.37. The smallest absolute Gasteiger partial charge is 0.267 e. The largest absolute Gasteiger partial charge is 0.282 e. The monoisotopic (exact) mass is 356 g/mol. The summed E-state index contributed by atoms with van der Waals surface area (Å²) in [7, 11) is 0. The Morgan fingerprint density at radius 3 is 2.44 bits per heavy atom. The van der Waals surface area contributed by atoms with Gasteiger partial charge in [-0.25, -0.2) is 5.01 Å². The molecular weight excluding hydrogens is 343 g/mol. The molecule has 18 heavy (non-hydrogen) atoms. The minimum atomic E-state index is -0.321. The average Bonchev–Trinajstić information content (AvgIpc) is 2.65. The Kier molecular flexibility index (Phi) is 3.70. The molecule has 1 fully saturated rings. The number of anilines is 1. The van der Waals surface area contributed by atoms with Crippen molar-refractivity contribution in [3.63, 3.8) is 0 Å². The number of amides is 2. The van der Waals surface area contributed by atoms with Gasteiger partial charge >= 0.3 is 0 Å². The van der Waals surface area contributed by atoms with Gasteiger partial charge in [0.15, 0.2) is 0 Å². The second-order valence-corrected chi connectivity index (χ2v) is 5.31. The molecule has 5 heteroatoms. The summed E-state index contributed by atoms with van der Waals surface area (Å²) in [6, 6.07) is 7.40. The maximum Gasteiger partial charge on any atom is 0.282 e. The van der Waals surface area contributed by atoms with Crippen LogP contribution in [0, 0.1) is 3.57 Å². The molecule has 1 aliphatic heterocycles. The van der Waals surface area contributed by atoms with E-state index in [-0.39, 0.29) is 17.4 Å². The molecule has 0 unspecified atom stereocenters. The van der Waals surface area contributed by atoms with Gasteiger partial charge in [0.1, 0.15) is 5.57 Å². The minimum absolute atomic E-state index is 0.260. The molecule has 1 heterocycles. The van der Waals surface area contributed by atoms with Crippen LogP contribution in [0.4, 0.5) is 5.69 Å². The highest BCUT2D eigenvalue weighted by atomic mass is 127. The molecule has 2 rings (SSSR count). The fourth-order valence-electron chi connectivity index (χ4n) is 1.74. The van der Waals surface area contributed by atoms with Gasteiger partial charge in [0.2, 0.25) is 0 Å². The maximum atomic E-state index is 12.2. The van der Waals surface area contributed by atoms with Crippen molar-refractivity contribution in [2.45, 2.75) is 20.3 Å². The lowest BCUT2D eigenvalue weighted by Crippen LogP contribution is -2.35. The van der Waals surface area contributed by atoms with E-state index in [2.05, 4.69) is 28.0 Å². The summed E-state index contributed by atoms with van der Waals surface area (Å²) in [5, 5.41) is 1.30. The summed E-state index contributed by atoms with van der Waals surface area (Å²) in [6.07, 6.45) is 0.690. The van der Waals surface area contributed by atoms with Crippen molar-refractivity contribution in [1.29, 1.82) is 0 Å². The van der Waals surface area contributed by atoms with Gasteiger partial charge in [-0.3, -0.25) is 15.0 Å². The molecule has 1 saturated heterocycles. The molecule has 94 valence electrons. The molecule has 1 N–H and O–H groups in total. The molecule has 0 radical (unpaired) electrons. The Morgan fingerprint density at radius 1 is 1.28 bits per heavy atom. The summed E-state index contributed by atoms with van der Waals surface area (Å²) >= 11 is 2.19. The van der Waals surface area contributed by atoms with Crippen molar-refractivity contribution >= 4 is 40.1 Å². The van der Waals surface area contributed by atoms with E-state index >= 15 is 0 Å². The second-order valence-electron chi connectivity index (χ2n) is 4.07. The third kappa shape index (κ3) is 2.27. The normalized spacial score (nSPS) is 18.1. The molecular formula is C13H13IN2O2. The standard InChI is InChI=1S/C13H13IN2O2/c1-3-8(2)11-12(17)15-16(13(11)18)10-6-4-9(14)5-7-10/h4-7H,3H2,1-2H3,(H,15,17)/b11-8-. The van der Waals surface area contributed by atoms with Crippen LogP contribution in [0.5, 0.6) is 0 Å². The number of nitrogens with zero attached hydrogens (tertiary/aromatic N) is 1. The summed E-state index contributed by atoms with van der Waals surface area (Å²) < 4.78 is 1.08. The molecule has 0 atom stereocenters. The van der Waals surface area contributed by atoms with Crippen LogP contribution in [-0.2, 0) is 9.59 Å². The van der Waals surface area contributed by atoms with Crippen molar-refractivity contribution in [3.05, 3.63) is 39.0 Å². The number of nitrogens with one attached hydrogen (secondary N) is 1. The zero-order chi connectivity index (χ0) is 13.3. The maximum absolute atomic E-state index is 12.2. The molecule has 2 amide bonds. The number of hydrazine groups is 1. The van der Waals surface area contributed by atoms with E-state index in [4.69, 9.17) is 0 Å². The van der Waals surface area contributed by atoms with Crippen LogP contribution in [0.3, 0.4) is 0 Å². The first-order chi connectivity index (χ1) is 8.54. The van der Waals surface area contributed by atoms with E-state index in [0.717, 1.165) is 9.14 Å². The van der Waals surface area contributed by atoms with Gasteiger partial charge in [0.25, 0.3) is 11.8 Å². The predicted molar refractivity (Wildman–Crippen MR) is 77.8 cm³/mol. The Labute approximate surface area is 119 Å². The predicted octanol–water partition coefficient (Wildman–Crippen LogP) is 2.40. The second kappa shape index (κ2) is 5.09. The van der Waals surface area contributed by atoms with E-state index in [1.807, 2.05) is 38.1 Å². The number of carbonyl (C=O) groups is 2. The van der Waals surface area contributed by atoms with Gasteiger partial charge in [-0.15, -0.1) is 0 Å². The quantitative estimate of drug-likeness (QED) is 0.503.